The van der Waals surface area contributed by atoms with Crippen molar-refractivity contribution < 1.29 is 4.79 Å². The van der Waals surface area contributed by atoms with Gasteiger partial charge in [0.2, 0.25) is 0 Å². The zero-order valence-electron chi connectivity index (χ0n) is 6.03. The van der Waals surface area contributed by atoms with E-state index in [1.165, 1.54) is 22.7 Å². The van der Waals surface area contributed by atoms with Crippen molar-refractivity contribution in [3.05, 3.63) is 16.3 Å². The molecule has 0 saturated carbocycles. The van der Waals surface area contributed by atoms with E-state index in [0.29, 0.717) is 10.6 Å². The van der Waals surface area contributed by atoms with E-state index in [4.69, 9.17) is 11.5 Å². The van der Waals surface area contributed by atoms with E-state index in [1.54, 1.807) is 0 Å². The minimum atomic E-state index is -0.444. The maximum atomic E-state index is 10.8. The number of rotatable bonds is 1. The number of hydrogen-bond donors (Lipinski definition) is 2. The number of thiophene rings is 2. The van der Waals surface area contributed by atoms with Gasteiger partial charge < -0.3 is 11.5 Å². The van der Waals surface area contributed by atoms with E-state index >= 15 is 0 Å². The summed E-state index contributed by atoms with van der Waals surface area (Å²) in [6.45, 7) is 0. The molecule has 2 rings (SSSR count). The Balaban J connectivity index is 2.78. The van der Waals surface area contributed by atoms with Crippen LogP contribution >= 0.6 is 22.7 Å². The van der Waals surface area contributed by atoms with Gasteiger partial charge in [0.1, 0.15) is 4.88 Å². The molecule has 0 saturated heterocycles. The first-order valence-corrected chi connectivity index (χ1v) is 4.95. The summed E-state index contributed by atoms with van der Waals surface area (Å²) in [5.74, 6) is -0.444. The maximum Gasteiger partial charge on any atom is 0.260 e. The molecular weight excluding hydrogens is 192 g/mol. The van der Waals surface area contributed by atoms with Crippen molar-refractivity contribution in [1.29, 1.82) is 0 Å². The second kappa shape index (κ2) is 2.46. The second-order valence-electron chi connectivity index (χ2n) is 2.32. The molecule has 0 atom stereocenters. The molecule has 0 spiro atoms. The highest BCUT2D eigenvalue weighted by Crippen LogP contribution is 2.36. The fraction of sp³-hybridized carbons (Fsp3) is 0. The number of carbonyl (C=O) groups is 1. The van der Waals surface area contributed by atoms with Gasteiger partial charge in [-0.3, -0.25) is 4.79 Å². The van der Waals surface area contributed by atoms with Crippen LogP contribution in [0.2, 0.25) is 0 Å². The molecule has 2 aromatic rings. The van der Waals surface area contributed by atoms with Gasteiger partial charge in [-0.15, -0.1) is 22.7 Å². The Morgan fingerprint density at radius 3 is 2.83 bits per heavy atom. The molecule has 4 N–H and O–H groups in total. The summed E-state index contributed by atoms with van der Waals surface area (Å²) in [7, 11) is 0. The first-order valence-electron chi connectivity index (χ1n) is 3.25. The molecule has 3 nitrogen and oxygen atoms in total. The Labute approximate surface area is 76.6 Å². The summed E-state index contributed by atoms with van der Waals surface area (Å²) in [6.07, 6.45) is 0. The Kier molecular flexibility index (Phi) is 1.55. The molecule has 0 aliphatic heterocycles. The van der Waals surface area contributed by atoms with Crippen molar-refractivity contribution in [2.45, 2.75) is 0 Å². The van der Waals surface area contributed by atoms with Crippen LogP contribution in [0.25, 0.3) is 9.40 Å². The van der Waals surface area contributed by atoms with Crippen molar-refractivity contribution in [1.82, 2.24) is 0 Å². The van der Waals surface area contributed by atoms with Crippen LogP contribution in [0.3, 0.4) is 0 Å². The molecule has 0 radical (unpaired) electrons. The van der Waals surface area contributed by atoms with E-state index in [2.05, 4.69) is 0 Å². The summed E-state index contributed by atoms with van der Waals surface area (Å²) < 4.78 is 2.00. The van der Waals surface area contributed by atoms with Gasteiger partial charge in [-0.1, -0.05) is 0 Å². The van der Waals surface area contributed by atoms with Gasteiger partial charge in [-0.05, 0) is 11.4 Å². The summed E-state index contributed by atoms with van der Waals surface area (Å²) in [5.41, 5.74) is 11.4. The lowest BCUT2D eigenvalue weighted by molar-refractivity contribution is 0.100. The zero-order valence-corrected chi connectivity index (χ0v) is 7.67. The van der Waals surface area contributed by atoms with Gasteiger partial charge >= 0.3 is 0 Å². The van der Waals surface area contributed by atoms with Crippen LogP contribution in [0.1, 0.15) is 9.67 Å². The molecule has 0 fully saturated rings. The van der Waals surface area contributed by atoms with Gasteiger partial charge in [0.25, 0.3) is 5.91 Å². The first-order chi connectivity index (χ1) is 5.70. The number of nitrogen functional groups attached to an aromatic ring is 1. The van der Waals surface area contributed by atoms with E-state index in [9.17, 15) is 4.79 Å². The SMILES string of the molecule is NC(=O)c1sc2ccsc2c1N. The first kappa shape index (κ1) is 7.57. The van der Waals surface area contributed by atoms with Gasteiger partial charge in [0, 0.05) is 4.70 Å². The van der Waals surface area contributed by atoms with Crippen molar-refractivity contribution in [3.8, 4) is 0 Å². The lowest BCUT2D eigenvalue weighted by Crippen LogP contribution is -2.10. The second-order valence-corrected chi connectivity index (χ2v) is 4.29. The molecule has 1 amide bonds. The molecule has 2 heterocycles. The fourth-order valence-electron chi connectivity index (χ4n) is 1.03. The van der Waals surface area contributed by atoms with Gasteiger partial charge in [-0.25, -0.2) is 0 Å². The molecule has 5 heteroatoms. The summed E-state index contributed by atoms with van der Waals surface area (Å²) in [4.78, 5) is 11.3. The van der Waals surface area contributed by atoms with E-state index in [-0.39, 0.29) is 0 Å². The number of carbonyl (C=O) groups excluding carboxylic acids is 1. The average molecular weight is 198 g/mol. The smallest absolute Gasteiger partial charge is 0.260 e. The van der Waals surface area contributed by atoms with Gasteiger partial charge in [0.15, 0.2) is 0 Å². The lowest BCUT2D eigenvalue weighted by Gasteiger charge is -1.89. The van der Waals surface area contributed by atoms with Crippen LogP contribution in [0.4, 0.5) is 5.69 Å². The Hall–Kier alpha value is -1.07. The maximum absolute atomic E-state index is 10.8. The molecule has 62 valence electrons. The third-order valence-corrected chi connectivity index (χ3v) is 3.82. The predicted molar refractivity (Wildman–Crippen MR) is 52.6 cm³/mol. The molecule has 2 aromatic heterocycles. The van der Waals surface area contributed by atoms with Crippen molar-refractivity contribution in [2.75, 3.05) is 5.73 Å². The quantitative estimate of drug-likeness (QED) is 0.731. The molecule has 0 aromatic carbocycles. The molecule has 0 unspecified atom stereocenters. The lowest BCUT2D eigenvalue weighted by atomic mass is 10.4. The largest absolute Gasteiger partial charge is 0.396 e. The van der Waals surface area contributed by atoms with Crippen LogP contribution in [0, 0.1) is 0 Å². The highest BCUT2D eigenvalue weighted by Gasteiger charge is 2.13. The number of nitrogens with two attached hydrogens (primary N) is 2. The third-order valence-electron chi connectivity index (χ3n) is 1.55. The van der Waals surface area contributed by atoms with Crippen LogP contribution in [-0.2, 0) is 0 Å². The molecule has 12 heavy (non-hydrogen) atoms. The predicted octanol–water partition coefficient (Wildman–Crippen LogP) is 1.64. The zero-order chi connectivity index (χ0) is 8.72. The molecule has 0 bridgehead atoms. The van der Waals surface area contributed by atoms with Crippen LogP contribution < -0.4 is 11.5 Å². The number of primary amides is 1. The monoisotopic (exact) mass is 198 g/mol. The number of hydrogen-bond acceptors (Lipinski definition) is 4. The topological polar surface area (TPSA) is 69.1 Å². The van der Waals surface area contributed by atoms with E-state index in [1.807, 2.05) is 11.4 Å². The van der Waals surface area contributed by atoms with E-state index in [0.717, 1.165) is 9.40 Å². The minimum Gasteiger partial charge on any atom is -0.396 e. The average Bonchev–Trinajstić information content (AvgIpc) is 2.53. The standard InChI is InChI=1S/C7H6N2OS2/c8-4-5-3(1-2-11-5)12-6(4)7(9)10/h1-2H,8H2,(H2,9,10). The Bertz CT molecular complexity index is 443. The van der Waals surface area contributed by atoms with Crippen molar-refractivity contribution in [3.63, 3.8) is 0 Å². The van der Waals surface area contributed by atoms with Crippen LogP contribution in [-0.4, -0.2) is 5.91 Å². The summed E-state index contributed by atoms with van der Waals surface area (Å²) >= 11 is 2.88. The minimum absolute atomic E-state index is 0.444. The molecule has 0 aliphatic carbocycles. The van der Waals surface area contributed by atoms with Gasteiger partial charge in [0.05, 0.1) is 10.4 Å². The molecular formula is C7H6N2OS2. The number of anilines is 1. The van der Waals surface area contributed by atoms with Crippen molar-refractivity contribution in [2.24, 2.45) is 5.73 Å². The highest BCUT2D eigenvalue weighted by molar-refractivity contribution is 7.29. The van der Waals surface area contributed by atoms with Crippen LogP contribution in [0.15, 0.2) is 11.4 Å². The highest BCUT2D eigenvalue weighted by atomic mass is 32.1. The number of amides is 1. The van der Waals surface area contributed by atoms with Crippen LogP contribution in [0.5, 0.6) is 0 Å². The third kappa shape index (κ3) is 0.904. The van der Waals surface area contributed by atoms with Gasteiger partial charge in [-0.2, -0.15) is 0 Å². The molecule has 0 aliphatic rings. The fourth-order valence-corrected chi connectivity index (χ4v) is 3.07. The van der Waals surface area contributed by atoms with E-state index < -0.39 is 5.91 Å². The van der Waals surface area contributed by atoms with Crippen molar-refractivity contribution >= 4 is 43.7 Å². The summed E-state index contributed by atoms with van der Waals surface area (Å²) in [5, 5.41) is 1.95. The Morgan fingerprint density at radius 1 is 1.50 bits per heavy atom. The Morgan fingerprint density at radius 2 is 2.25 bits per heavy atom. The normalized spacial score (nSPS) is 10.7. The number of fused-ring (bicyclic) bond motifs is 1. The summed E-state index contributed by atoms with van der Waals surface area (Å²) in [6, 6.07) is 1.94.